The molecule has 37 heavy (non-hydrogen) atoms. The quantitative estimate of drug-likeness (QED) is 0.141. The molecule has 1 heterocycles. The summed E-state index contributed by atoms with van der Waals surface area (Å²) in [5.74, 6) is -3.72. The molecule has 2 aliphatic rings. The van der Waals surface area contributed by atoms with Crippen molar-refractivity contribution in [3.8, 4) is 11.1 Å². The van der Waals surface area contributed by atoms with Gasteiger partial charge in [-0.2, -0.15) is 5.10 Å². The third-order valence-corrected chi connectivity index (χ3v) is 7.86. The van der Waals surface area contributed by atoms with E-state index in [4.69, 9.17) is 4.74 Å². The Kier molecular flexibility index (Phi) is 6.58. The highest BCUT2D eigenvalue weighted by Crippen LogP contribution is 2.44. The topological polar surface area (TPSA) is 84.8 Å². The maximum absolute atomic E-state index is 13.5. The van der Waals surface area contributed by atoms with Gasteiger partial charge in [0.05, 0.1) is 5.71 Å². The van der Waals surface area contributed by atoms with Gasteiger partial charge in [-0.3, -0.25) is 14.4 Å². The van der Waals surface area contributed by atoms with Crippen molar-refractivity contribution in [2.45, 2.75) is 32.8 Å². The fourth-order valence-corrected chi connectivity index (χ4v) is 5.92. The summed E-state index contributed by atoms with van der Waals surface area (Å²) >= 11 is 3.39. The zero-order chi connectivity index (χ0) is 26.3. The fourth-order valence-electron chi connectivity index (χ4n) is 5.65. The normalized spacial score (nSPS) is 20.0. The second kappa shape index (κ2) is 9.71. The number of rotatable bonds is 6. The van der Waals surface area contributed by atoms with Crippen molar-refractivity contribution >= 4 is 39.3 Å². The van der Waals surface area contributed by atoms with Crippen LogP contribution in [0.15, 0.2) is 82.4 Å². The number of benzene rings is 3. The molecule has 0 aromatic heterocycles. The zero-order valence-corrected chi connectivity index (χ0v) is 22.4. The molecule has 6 nitrogen and oxygen atoms in total. The maximum Gasteiger partial charge on any atom is 0.319 e. The first-order valence-corrected chi connectivity index (χ1v) is 13.1. The number of esters is 1. The number of ketones is 1. The summed E-state index contributed by atoms with van der Waals surface area (Å²) in [6, 6.07) is 22.8. The van der Waals surface area contributed by atoms with Gasteiger partial charge in [0.15, 0.2) is 5.78 Å². The van der Waals surface area contributed by atoms with E-state index in [2.05, 4.69) is 26.5 Å². The van der Waals surface area contributed by atoms with E-state index in [1.54, 1.807) is 38.1 Å². The van der Waals surface area contributed by atoms with Crippen molar-refractivity contribution in [2.75, 3.05) is 0 Å². The molecule has 1 N–H and O–H groups in total. The van der Waals surface area contributed by atoms with Crippen LogP contribution in [0.5, 0.6) is 0 Å². The SMILES string of the molecule is CC[C@@H](C(=O)c1ccc(Br)cc1)[C@H]1[C@H](C(=O)NN=C2c3ccccc3-c3ccccc32)C(=O)OC1(C)C. The van der Waals surface area contributed by atoms with Crippen LogP contribution in [-0.2, 0) is 14.3 Å². The molecule has 1 saturated heterocycles. The lowest BCUT2D eigenvalue weighted by atomic mass is 9.70. The van der Waals surface area contributed by atoms with E-state index in [0.29, 0.717) is 17.7 Å². The average molecular weight is 559 g/mol. The highest BCUT2D eigenvalue weighted by Gasteiger charge is 2.57. The number of hydrogen-bond acceptors (Lipinski definition) is 5. The first kappa shape index (κ1) is 25.1. The number of nitrogens with one attached hydrogen (secondary N) is 1. The molecule has 3 aromatic rings. The smallest absolute Gasteiger partial charge is 0.319 e. The number of hydrogen-bond donors (Lipinski definition) is 1. The van der Waals surface area contributed by atoms with Crippen molar-refractivity contribution < 1.29 is 19.1 Å². The van der Waals surface area contributed by atoms with Crippen LogP contribution in [0.2, 0.25) is 0 Å². The zero-order valence-electron chi connectivity index (χ0n) is 20.8. The van der Waals surface area contributed by atoms with Gasteiger partial charge < -0.3 is 4.74 Å². The number of halogens is 1. The predicted octanol–water partition coefficient (Wildman–Crippen LogP) is 5.78. The largest absolute Gasteiger partial charge is 0.459 e. The second-order valence-electron chi connectivity index (χ2n) is 9.94. The van der Waals surface area contributed by atoms with E-state index in [1.165, 1.54) is 0 Å². The van der Waals surface area contributed by atoms with Crippen LogP contribution in [0.4, 0.5) is 0 Å². The lowest BCUT2D eigenvalue weighted by Gasteiger charge is -2.32. The summed E-state index contributed by atoms with van der Waals surface area (Å²) in [5.41, 5.74) is 6.71. The van der Waals surface area contributed by atoms with Gasteiger partial charge in [-0.25, -0.2) is 5.43 Å². The van der Waals surface area contributed by atoms with Crippen LogP contribution in [0.3, 0.4) is 0 Å². The highest BCUT2D eigenvalue weighted by molar-refractivity contribution is 9.10. The maximum atomic E-state index is 13.5. The monoisotopic (exact) mass is 558 g/mol. The van der Waals surface area contributed by atoms with E-state index in [-0.39, 0.29) is 5.78 Å². The van der Waals surface area contributed by atoms with Crippen LogP contribution in [0.1, 0.15) is 48.7 Å². The molecule has 7 heteroatoms. The van der Waals surface area contributed by atoms with Crippen LogP contribution < -0.4 is 5.43 Å². The number of hydrazone groups is 1. The summed E-state index contributed by atoms with van der Waals surface area (Å²) in [7, 11) is 0. The second-order valence-corrected chi connectivity index (χ2v) is 10.9. The Hall–Kier alpha value is -3.58. The number of amides is 1. The summed E-state index contributed by atoms with van der Waals surface area (Å²) in [4.78, 5) is 40.1. The van der Waals surface area contributed by atoms with Crippen molar-refractivity contribution in [2.24, 2.45) is 22.9 Å². The standard InChI is InChI=1S/C30H27BrN2O4/c1-4-19(27(34)17-13-15-18(31)16-14-17)25-24(29(36)37-30(25,2)3)28(35)33-32-26-22-11-7-5-9-20(22)21-10-6-8-12-23(21)26/h5-16,19,24-25H,4H2,1-3H3,(H,33,35)/t19-,24-,25+/m1/s1. The minimum absolute atomic E-state index is 0.117. The molecular formula is C30H27BrN2O4. The Balaban J connectivity index is 1.46. The van der Waals surface area contributed by atoms with Gasteiger partial charge in [0.2, 0.25) is 0 Å². The predicted molar refractivity (Wildman–Crippen MR) is 145 cm³/mol. The van der Waals surface area contributed by atoms with Gasteiger partial charge in [0.25, 0.3) is 5.91 Å². The molecular weight excluding hydrogens is 532 g/mol. The number of fused-ring (bicyclic) bond motifs is 3. The third-order valence-electron chi connectivity index (χ3n) is 7.33. The number of ether oxygens (including phenoxy) is 1. The molecule has 1 aliphatic carbocycles. The first-order chi connectivity index (χ1) is 17.7. The average Bonchev–Trinajstić information content (AvgIpc) is 3.33. The molecule has 0 unspecified atom stereocenters. The number of carbonyl (C=O) groups excluding carboxylic acids is 3. The van der Waals surface area contributed by atoms with E-state index in [0.717, 1.165) is 26.7 Å². The molecule has 1 aliphatic heterocycles. The molecule has 0 spiro atoms. The van der Waals surface area contributed by atoms with Gasteiger partial charge >= 0.3 is 5.97 Å². The van der Waals surface area contributed by atoms with Crippen molar-refractivity contribution in [3.05, 3.63) is 94.0 Å². The lowest BCUT2D eigenvalue weighted by Crippen LogP contribution is -2.44. The summed E-state index contributed by atoms with van der Waals surface area (Å²) in [6.07, 6.45) is 0.457. The summed E-state index contributed by atoms with van der Waals surface area (Å²) in [6.45, 7) is 5.41. The Labute approximate surface area is 224 Å². The molecule has 1 amide bonds. The Morgan fingerprint density at radius 3 is 2.03 bits per heavy atom. The molecule has 0 radical (unpaired) electrons. The van der Waals surface area contributed by atoms with E-state index >= 15 is 0 Å². The molecule has 3 aromatic carbocycles. The van der Waals surface area contributed by atoms with Gasteiger partial charge in [-0.1, -0.05) is 83.5 Å². The van der Waals surface area contributed by atoms with Gasteiger partial charge in [-0.15, -0.1) is 0 Å². The summed E-state index contributed by atoms with van der Waals surface area (Å²) < 4.78 is 6.52. The first-order valence-electron chi connectivity index (χ1n) is 12.3. The Morgan fingerprint density at radius 2 is 1.49 bits per heavy atom. The Bertz CT molecular complexity index is 1380. The van der Waals surface area contributed by atoms with E-state index in [9.17, 15) is 14.4 Å². The lowest BCUT2D eigenvalue weighted by molar-refractivity contribution is -0.150. The van der Waals surface area contributed by atoms with Crippen LogP contribution in [-0.4, -0.2) is 29.0 Å². The molecule has 188 valence electrons. The molecule has 1 fully saturated rings. The third kappa shape index (κ3) is 4.42. The number of nitrogens with zero attached hydrogens (tertiary/aromatic N) is 1. The number of carbonyl (C=O) groups is 3. The van der Waals surface area contributed by atoms with Crippen molar-refractivity contribution in [1.82, 2.24) is 5.43 Å². The van der Waals surface area contributed by atoms with Gasteiger partial charge in [0, 0.05) is 33.0 Å². The van der Waals surface area contributed by atoms with Crippen LogP contribution in [0.25, 0.3) is 11.1 Å². The number of cyclic esters (lactones) is 1. The summed E-state index contributed by atoms with van der Waals surface area (Å²) in [5, 5.41) is 4.48. The van der Waals surface area contributed by atoms with E-state index < -0.39 is 35.2 Å². The fraction of sp³-hybridized carbons (Fsp3) is 0.267. The van der Waals surface area contributed by atoms with Gasteiger partial charge in [-0.05, 0) is 43.5 Å². The van der Waals surface area contributed by atoms with E-state index in [1.807, 2.05) is 55.5 Å². The highest BCUT2D eigenvalue weighted by atomic mass is 79.9. The minimum Gasteiger partial charge on any atom is -0.459 e. The Morgan fingerprint density at radius 1 is 0.946 bits per heavy atom. The molecule has 5 rings (SSSR count). The number of Topliss-reactive ketones (excluding diaryl/α,β-unsaturated/α-hetero) is 1. The molecule has 3 atom stereocenters. The molecule has 0 saturated carbocycles. The molecule has 0 bridgehead atoms. The van der Waals surface area contributed by atoms with Crippen molar-refractivity contribution in [1.29, 1.82) is 0 Å². The minimum atomic E-state index is -1.16. The van der Waals surface area contributed by atoms with Gasteiger partial charge in [0.1, 0.15) is 11.5 Å². The van der Waals surface area contributed by atoms with Crippen LogP contribution in [0, 0.1) is 17.8 Å². The van der Waals surface area contributed by atoms with Crippen LogP contribution >= 0.6 is 15.9 Å². The van der Waals surface area contributed by atoms with Crippen molar-refractivity contribution in [3.63, 3.8) is 0 Å².